The summed E-state index contributed by atoms with van der Waals surface area (Å²) in [5.41, 5.74) is 1.20. The molecule has 116 valence electrons. The van der Waals surface area contributed by atoms with E-state index in [2.05, 4.69) is 27.6 Å². The van der Waals surface area contributed by atoms with E-state index in [-0.39, 0.29) is 6.03 Å². The molecule has 2 N–H and O–H groups in total. The minimum absolute atomic E-state index is 0.126. The minimum Gasteiger partial charge on any atom is -0.336 e. The van der Waals surface area contributed by atoms with E-state index in [0.717, 1.165) is 24.5 Å². The number of hydrogen-bond acceptors (Lipinski definition) is 4. The first-order chi connectivity index (χ1) is 10.2. The Morgan fingerprint density at radius 2 is 2.19 bits per heavy atom. The van der Waals surface area contributed by atoms with Gasteiger partial charge in [-0.2, -0.15) is 0 Å². The van der Waals surface area contributed by atoms with Crippen LogP contribution in [0.3, 0.4) is 0 Å². The van der Waals surface area contributed by atoms with E-state index >= 15 is 0 Å². The van der Waals surface area contributed by atoms with E-state index < -0.39 is 0 Å². The number of fused-ring (bicyclic) bond motifs is 1. The Balaban J connectivity index is 1.50. The van der Waals surface area contributed by atoms with Crippen molar-refractivity contribution in [2.24, 2.45) is 0 Å². The maximum atomic E-state index is 12.0. The second kappa shape index (κ2) is 6.75. The van der Waals surface area contributed by atoms with Crippen molar-refractivity contribution >= 4 is 22.5 Å². The first-order valence-corrected chi connectivity index (χ1v) is 8.77. The van der Waals surface area contributed by atoms with Crippen molar-refractivity contribution in [3.05, 3.63) is 10.6 Å². The number of anilines is 1. The molecule has 1 aliphatic carbocycles. The predicted molar refractivity (Wildman–Crippen MR) is 86.0 cm³/mol. The molecule has 1 saturated heterocycles. The summed E-state index contributed by atoms with van der Waals surface area (Å²) in [5, 5.41) is 6.62. The van der Waals surface area contributed by atoms with Gasteiger partial charge in [0.15, 0.2) is 5.13 Å². The highest BCUT2D eigenvalue weighted by atomic mass is 32.1. The number of rotatable bonds is 3. The van der Waals surface area contributed by atoms with E-state index in [1.54, 1.807) is 11.3 Å². The third kappa shape index (κ3) is 3.74. The Kier molecular flexibility index (Phi) is 4.75. The molecular weight excluding hydrogens is 284 g/mol. The average molecular weight is 308 g/mol. The fourth-order valence-corrected chi connectivity index (χ4v) is 4.22. The normalized spacial score (nSPS) is 22.6. The Morgan fingerprint density at radius 1 is 1.33 bits per heavy atom. The molecular formula is C15H24N4OS. The smallest absolute Gasteiger partial charge is 0.321 e. The van der Waals surface area contributed by atoms with Crippen molar-refractivity contribution in [3.63, 3.8) is 0 Å². The molecule has 0 radical (unpaired) electrons. The minimum atomic E-state index is -0.126. The molecule has 0 saturated carbocycles. The molecule has 1 aliphatic heterocycles. The van der Waals surface area contributed by atoms with Gasteiger partial charge < -0.3 is 10.2 Å². The van der Waals surface area contributed by atoms with Crippen LogP contribution in [0.15, 0.2) is 0 Å². The number of thiazole rings is 1. The molecule has 3 rings (SSSR count). The number of carbonyl (C=O) groups is 1. The SMILES string of the molecule is CN1CCCC1CNC(=O)Nc1nc2c(s1)CCCCC2. The van der Waals surface area contributed by atoms with Gasteiger partial charge in [-0.25, -0.2) is 9.78 Å². The summed E-state index contributed by atoms with van der Waals surface area (Å²) in [4.78, 5) is 20.2. The van der Waals surface area contributed by atoms with Crippen LogP contribution in [-0.2, 0) is 12.8 Å². The quantitative estimate of drug-likeness (QED) is 0.844. The summed E-state index contributed by atoms with van der Waals surface area (Å²) >= 11 is 1.64. The van der Waals surface area contributed by atoms with Gasteiger partial charge >= 0.3 is 6.03 Å². The van der Waals surface area contributed by atoms with Gasteiger partial charge in [-0.15, -0.1) is 11.3 Å². The highest BCUT2D eigenvalue weighted by Gasteiger charge is 2.21. The lowest BCUT2D eigenvalue weighted by Crippen LogP contribution is -2.40. The summed E-state index contributed by atoms with van der Waals surface area (Å²) in [7, 11) is 2.12. The lowest BCUT2D eigenvalue weighted by molar-refractivity contribution is 0.245. The van der Waals surface area contributed by atoms with Crippen LogP contribution >= 0.6 is 11.3 Å². The standard InChI is InChI=1S/C15H24N4OS/c1-19-9-5-6-11(19)10-16-14(20)18-15-17-12-7-3-2-4-8-13(12)21-15/h11H,2-10H2,1H3,(H2,16,17,18,20). The molecule has 1 aromatic heterocycles. The number of carbonyl (C=O) groups excluding carboxylic acids is 1. The first-order valence-electron chi connectivity index (χ1n) is 7.96. The van der Waals surface area contributed by atoms with Gasteiger partial charge in [0.1, 0.15) is 0 Å². The Labute approximate surface area is 130 Å². The number of aromatic nitrogens is 1. The number of aryl methyl sites for hydroxylation is 2. The van der Waals surface area contributed by atoms with Crippen LogP contribution in [0.2, 0.25) is 0 Å². The molecule has 6 heteroatoms. The fourth-order valence-electron chi connectivity index (χ4n) is 3.17. The van der Waals surface area contributed by atoms with Gasteiger partial charge in [0.25, 0.3) is 0 Å². The number of likely N-dealkylation sites (N-methyl/N-ethyl adjacent to an activating group) is 1. The molecule has 0 bridgehead atoms. The zero-order chi connectivity index (χ0) is 14.7. The molecule has 1 aromatic rings. The molecule has 0 aromatic carbocycles. The lowest BCUT2D eigenvalue weighted by Gasteiger charge is -2.19. The molecule has 5 nitrogen and oxygen atoms in total. The Bertz CT molecular complexity index is 478. The summed E-state index contributed by atoms with van der Waals surface area (Å²) in [6.45, 7) is 1.85. The molecule has 21 heavy (non-hydrogen) atoms. The van der Waals surface area contributed by atoms with E-state index in [9.17, 15) is 4.79 Å². The third-order valence-corrected chi connectivity index (χ3v) is 5.56. The van der Waals surface area contributed by atoms with Gasteiger partial charge in [0, 0.05) is 17.5 Å². The van der Waals surface area contributed by atoms with Crippen molar-refractivity contribution in [3.8, 4) is 0 Å². The molecule has 1 atom stereocenters. The van der Waals surface area contributed by atoms with Crippen LogP contribution in [-0.4, -0.2) is 42.1 Å². The number of urea groups is 1. The van der Waals surface area contributed by atoms with E-state index in [4.69, 9.17) is 0 Å². The van der Waals surface area contributed by atoms with Gasteiger partial charge in [0.05, 0.1) is 5.69 Å². The summed E-state index contributed by atoms with van der Waals surface area (Å²) in [6, 6.07) is 0.350. The van der Waals surface area contributed by atoms with Crippen molar-refractivity contribution in [1.29, 1.82) is 0 Å². The van der Waals surface area contributed by atoms with Gasteiger partial charge in [0.2, 0.25) is 0 Å². The Morgan fingerprint density at radius 3 is 3.00 bits per heavy atom. The highest BCUT2D eigenvalue weighted by molar-refractivity contribution is 7.15. The van der Waals surface area contributed by atoms with Crippen LogP contribution in [0.5, 0.6) is 0 Å². The van der Waals surface area contributed by atoms with Crippen LogP contribution in [0, 0.1) is 0 Å². The van der Waals surface area contributed by atoms with E-state index in [1.165, 1.54) is 42.7 Å². The Hall–Kier alpha value is -1.14. The second-order valence-electron chi connectivity index (χ2n) is 6.06. The third-order valence-electron chi connectivity index (χ3n) is 4.49. The molecule has 2 amide bonds. The number of hydrogen-bond donors (Lipinski definition) is 2. The van der Waals surface area contributed by atoms with Gasteiger partial charge in [-0.1, -0.05) is 6.42 Å². The molecule has 0 spiro atoms. The average Bonchev–Trinajstić information content (AvgIpc) is 2.97. The monoisotopic (exact) mass is 308 g/mol. The number of likely N-dealkylation sites (tertiary alicyclic amines) is 1. The highest BCUT2D eigenvalue weighted by Crippen LogP contribution is 2.28. The topological polar surface area (TPSA) is 57.3 Å². The number of nitrogens with zero attached hydrogens (tertiary/aromatic N) is 2. The molecule has 2 aliphatic rings. The molecule has 1 fully saturated rings. The van der Waals surface area contributed by atoms with Crippen LogP contribution < -0.4 is 10.6 Å². The second-order valence-corrected chi connectivity index (χ2v) is 7.14. The summed E-state index contributed by atoms with van der Waals surface area (Å²) < 4.78 is 0. The zero-order valence-electron chi connectivity index (χ0n) is 12.7. The first kappa shape index (κ1) is 14.8. The zero-order valence-corrected chi connectivity index (χ0v) is 13.5. The fraction of sp³-hybridized carbons (Fsp3) is 0.733. The van der Waals surface area contributed by atoms with Crippen LogP contribution in [0.25, 0.3) is 0 Å². The van der Waals surface area contributed by atoms with Crippen molar-refractivity contribution in [1.82, 2.24) is 15.2 Å². The van der Waals surface area contributed by atoms with Crippen molar-refractivity contribution in [2.75, 3.05) is 25.5 Å². The largest absolute Gasteiger partial charge is 0.336 e. The predicted octanol–water partition coefficient (Wildman–Crippen LogP) is 2.63. The lowest BCUT2D eigenvalue weighted by atomic mass is 10.2. The van der Waals surface area contributed by atoms with Gasteiger partial charge in [-0.3, -0.25) is 5.32 Å². The summed E-state index contributed by atoms with van der Waals surface area (Å²) in [6.07, 6.45) is 8.32. The van der Waals surface area contributed by atoms with Crippen LogP contribution in [0.1, 0.15) is 42.7 Å². The van der Waals surface area contributed by atoms with Gasteiger partial charge in [-0.05, 0) is 52.1 Å². The summed E-state index contributed by atoms with van der Waals surface area (Å²) in [5.74, 6) is 0. The molecule has 1 unspecified atom stereocenters. The number of nitrogens with one attached hydrogen (secondary N) is 2. The van der Waals surface area contributed by atoms with E-state index in [1.807, 2.05) is 0 Å². The van der Waals surface area contributed by atoms with E-state index in [0.29, 0.717) is 12.6 Å². The maximum Gasteiger partial charge on any atom is 0.321 e. The van der Waals surface area contributed by atoms with Crippen molar-refractivity contribution < 1.29 is 4.79 Å². The van der Waals surface area contributed by atoms with Crippen LogP contribution in [0.4, 0.5) is 9.93 Å². The maximum absolute atomic E-state index is 12.0. The number of amides is 2. The molecule has 2 heterocycles. The van der Waals surface area contributed by atoms with Crippen molar-refractivity contribution in [2.45, 2.75) is 51.0 Å².